The van der Waals surface area contributed by atoms with Crippen molar-refractivity contribution < 1.29 is 0 Å². The van der Waals surface area contributed by atoms with Crippen LogP contribution >= 0.6 is 0 Å². The fraction of sp³-hybridized carbons (Fsp3) is 0.692. The smallest absolute Gasteiger partial charge is 0.0140 e. The van der Waals surface area contributed by atoms with E-state index in [9.17, 15) is 0 Å². The molecule has 2 aliphatic rings. The molecule has 0 amide bonds. The van der Waals surface area contributed by atoms with Crippen LogP contribution in [0.4, 0.5) is 0 Å². The lowest BCUT2D eigenvalue weighted by Crippen LogP contribution is -2.22. The molecule has 13 heavy (non-hydrogen) atoms. The monoisotopic (exact) mass is 176 g/mol. The minimum Gasteiger partial charge on any atom is -0.0995 e. The van der Waals surface area contributed by atoms with Crippen molar-refractivity contribution in [3.8, 4) is 0 Å². The van der Waals surface area contributed by atoms with E-state index in [1.165, 1.54) is 56.1 Å². The Labute approximate surface area is 81.7 Å². The SMILES string of the molecule is C=C1CCC(=C)C2CCCCCC12. The number of hydrogen-bond donors (Lipinski definition) is 0. The van der Waals surface area contributed by atoms with Gasteiger partial charge < -0.3 is 0 Å². The van der Waals surface area contributed by atoms with Crippen LogP contribution in [0.1, 0.15) is 44.9 Å². The summed E-state index contributed by atoms with van der Waals surface area (Å²) in [7, 11) is 0. The molecular formula is C13H20. The Morgan fingerprint density at radius 2 is 1.23 bits per heavy atom. The van der Waals surface area contributed by atoms with E-state index >= 15 is 0 Å². The van der Waals surface area contributed by atoms with Gasteiger partial charge in [-0.25, -0.2) is 0 Å². The van der Waals surface area contributed by atoms with Crippen molar-refractivity contribution in [1.82, 2.24) is 0 Å². The molecule has 0 aromatic heterocycles. The number of allylic oxidation sites excluding steroid dienone is 2. The quantitative estimate of drug-likeness (QED) is 0.488. The minimum absolute atomic E-state index is 0.795. The minimum atomic E-state index is 0.795. The van der Waals surface area contributed by atoms with Gasteiger partial charge in [0.05, 0.1) is 0 Å². The molecule has 0 aliphatic heterocycles. The maximum absolute atomic E-state index is 4.23. The molecule has 0 aromatic carbocycles. The van der Waals surface area contributed by atoms with Gasteiger partial charge in [0, 0.05) is 0 Å². The van der Waals surface area contributed by atoms with Crippen LogP contribution < -0.4 is 0 Å². The Morgan fingerprint density at radius 3 is 1.69 bits per heavy atom. The average molecular weight is 176 g/mol. The molecule has 0 radical (unpaired) electrons. The number of fused-ring (bicyclic) bond motifs is 1. The maximum atomic E-state index is 4.23. The van der Waals surface area contributed by atoms with Gasteiger partial charge in [-0.15, -0.1) is 0 Å². The molecule has 0 N–H and O–H groups in total. The highest BCUT2D eigenvalue weighted by molar-refractivity contribution is 5.19. The van der Waals surface area contributed by atoms with Crippen LogP contribution in [0.25, 0.3) is 0 Å². The summed E-state index contributed by atoms with van der Waals surface area (Å²) in [6.45, 7) is 8.47. The fourth-order valence-electron chi connectivity index (χ4n) is 2.98. The summed E-state index contributed by atoms with van der Waals surface area (Å²) in [6, 6.07) is 0. The van der Waals surface area contributed by atoms with Crippen molar-refractivity contribution in [2.45, 2.75) is 44.9 Å². The van der Waals surface area contributed by atoms with Crippen LogP contribution in [0.2, 0.25) is 0 Å². The zero-order valence-corrected chi connectivity index (χ0v) is 8.52. The zero-order valence-electron chi connectivity index (χ0n) is 8.52. The van der Waals surface area contributed by atoms with Crippen molar-refractivity contribution in [3.63, 3.8) is 0 Å². The molecule has 2 unspecified atom stereocenters. The second-order valence-corrected chi connectivity index (χ2v) is 4.67. The second-order valence-electron chi connectivity index (χ2n) is 4.67. The van der Waals surface area contributed by atoms with Crippen LogP contribution in [0.3, 0.4) is 0 Å². The molecular weight excluding hydrogens is 156 g/mol. The Morgan fingerprint density at radius 1 is 0.769 bits per heavy atom. The van der Waals surface area contributed by atoms with E-state index in [1.54, 1.807) is 0 Å². The second kappa shape index (κ2) is 3.69. The summed E-state index contributed by atoms with van der Waals surface area (Å²) in [4.78, 5) is 0. The molecule has 0 bridgehead atoms. The first-order valence-corrected chi connectivity index (χ1v) is 5.64. The molecule has 2 aliphatic carbocycles. The van der Waals surface area contributed by atoms with Crippen molar-refractivity contribution in [2.75, 3.05) is 0 Å². The lowest BCUT2D eigenvalue weighted by atomic mass is 9.71. The Hall–Kier alpha value is -0.520. The number of rotatable bonds is 0. The summed E-state index contributed by atoms with van der Waals surface area (Å²) >= 11 is 0. The third-order valence-corrected chi connectivity index (χ3v) is 3.83. The van der Waals surface area contributed by atoms with Crippen molar-refractivity contribution >= 4 is 0 Å². The third-order valence-electron chi connectivity index (χ3n) is 3.83. The largest absolute Gasteiger partial charge is 0.0995 e. The highest BCUT2D eigenvalue weighted by Gasteiger charge is 2.30. The first-order valence-electron chi connectivity index (χ1n) is 5.64. The van der Waals surface area contributed by atoms with E-state index in [0.717, 1.165) is 11.8 Å². The maximum Gasteiger partial charge on any atom is -0.0140 e. The first kappa shape index (κ1) is 9.05. The predicted molar refractivity (Wildman–Crippen MR) is 57.6 cm³/mol. The van der Waals surface area contributed by atoms with Crippen molar-refractivity contribution in [3.05, 3.63) is 24.3 Å². The molecule has 2 atom stereocenters. The fourth-order valence-corrected chi connectivity index (χ4v) is 2.98. The van der Waals surface area contributed by atoms with Gasteiger partial charge in [-0.2, -0.15) is 0 Å². The first-order chi connectivity index (χ1) is 6.29. The van der Waals surface area contributed by atoms with Gasteiger partial charge in [0.15, 0.2) is 0 Å². The normalized spacial score (nSPS) is 35.4. The average Bonchev–Trinajstić information content (AvgIpc) is 2.37. The van der Waals surface area contributed by atoms with Crippen LogP contribution in [-0.2, 0) is 0 Å². The lowest BCUT2D eigenvalue weighted by molar-refractivity contribution is 0.364. The topological polar surface area (TPSA) is 0 Å². The summed E-state index contributed by atoms with van der Waals surface area (Å²) in [6.07, 6.45) is 9.42. The van der Waals surface area contributed by atoms with Crippen LogP contribution in [-0.4, -0.2) is 0 Å². The van der Waals surface area contributed by atoms with Gasteiger partial charge >= 0.3 is 0 Å². The van der Waals surface area contributed by atoms with Gasteiger partial charge in [-0.3, -0.25) is 0 Å². The molecule has 0 heteroatoms. The number of hydrogen-bond acceptors (Lipinski definition) is 0. The van der Waals surface area contributed by atoms with Crippen molar-refractivity contribution in [1.29, 1.82) is 0 Å². The molecule has 2 saturated carbocycles. The zero-order chi connectivity index (χ0) is 9.26. The van der Waals surface area contributed by atoms with Crippen LogP contribution in [0, 0.1) is 11.8 Å². The van der Waals surface area contributed by atoms with Crippen LogP contribution in [0.5, 0.6) is 0 Å². The molecule has 0 heterocycles. The van der Waals surface area contributed by atoms with E-state index in [4.69, 9.17) is 0 Å². The van der Waals surface area contributed by atoms with Gasteiger partial charge in [0.25, 0.3) is 0 Å². The van der Waals surface area contributed by atoms with E-state index in [-0.39, 0.29) is 0 Å². The molecule has 2 rings (SSSR count). The molecule has 0 saturated heterocycles. The van der Waals surface area contributed by atoms with Gasteiger partial charge in [-0.1, -0.05) is 43.6 Å². The Bertz CT molecular complexity index is 200. The summed E-state index contributed by atoms with van der Waals surface area (Å²) in [5.74, 6) is 1.59. The molecule has 72 valence electrons. The van der Waals surface area contributed by atoms with E-state index in [1.807, 2.05) is 0 Å². The summed E-state index contributed by atoms with van der Waals surface area (Å²) in [5, 5.41) is 0. The van der Waals surface area contributed by atoms with Crippen LogP contribution in [0.15, 0.2) is 24.3 Å². The highest BCUT2D eigenvalue weighted by atomic mass is 14.4. The molecule has 0 spiro atoms. The standard InChI is InChI=1S/C13H20/c1-10-8-9-11(2)13-7-5-3-4-6-12(10)13/h12-13H,1-9H2. The predicted octanol–water partition coefficient (Wildman–Crippen LogP) is 4.09. The van der Waals surface area contributed by atoms with Gasteiger partial charge in [0.1, 0.15) is 0 Å². The Balaban J connectivity index is 2.16. The summed E-state index contributed by atoms with van der Waals surface area (Å²) in [5.41, 5.74) is 3.03. The van der Waals surface area contributed by atoms with Gasteiger partial charge in [-0.05, 0) is 37.5 Å². The van der Waals surface area contributed by atoms with Crippen molar-refractivity contribution in [2.24, 2.45) is 11.8 Å². The molecule has 0 aromatic rings. The Kier molecular flexibility index (Phi) is 2.57. The molecule has 2 fully saturated rings. The van der Waals surface area contributed by atoms with Gasteiger partial charge in [0.2, 0.25) is 0 Å². The molecule has 0 nitrogen and oxygen atoms in total. The summed E-state index contributed by atoms with van der Waals surface area (Å²) < 4.78 is 0. The highest BCUT2D eigenvalue weighted by Crippen LogP contribution is 2.43. The third kappa shape index (κ3) is 1.72. The van der Waals surface area contributed by atoms with E-state index < -0.39 is 0 Å². The lowest BCUT2D eigenvalue weighted by Gasteiger charge is -2.34. The van der Waals surface area contributed by atoms with E-state index in [2.05, 4.69) is 13.2 Å². The van der Waals surface area contributed by atoms with E-state index in [0.29, 0.717) is 0 Å².